The van der Waals surface area contributed by atoms with Gasteiger partial charge in [-0.05, 0) is 35.9 Å². The molecular weight excluding hydrogens is 272 g/mol. The lowest BCUT2D eigenvalue weighted by Gasteiger charge is -2.07. The first-order valence-corrected chi connectivity index (χ1v) is 6.45. The van der Waals surface area contributed by atoms with Gasteiger partial charge in [-0.15, -0.1) is 0 Å². The lowest BCUT2D eigenvalue weighted by molar-refractivity contribution is -0.384. The maximum atomic E-state index is 12.1. The molecule has 106 valence electrons. The van der Waals surface area contributed by atoms with Gasteiger partial charge < -0.3 is 10.1 Å². The summed E-state index contributed by atoms with van der Waals surface area (Å²) >= 11 is 0. The summed E-state index contributed by atoms with van der Waals surface area (Å²) in [7, 11) is 0. The van der Waals surface area contributed by atoms with Crippen LogP contribution in [0.5, 0.6) is 5.75 Å². The Balaban J connectivity index is 1.75. The van der Waals surface area contributed by atoms with Gasteiger partial charge in [0, 0.05) is 29.8 Å². The van der Waals surface area contributed by atoms with Crippen LogP contribution in [0, 0.1) is 10.1 Å². The predicted octanol–water partition coefficient (Wildman–Crippen LogP) is 2.78. The van der Waals surface area contributed by atoms with Gasteiger partial charge in [-0.25, -0.2) is 0 Å². The van der Waals surface area contributed by atoms with Gasteiger partial charge in [0.05, 0.1) is 11.5 Å². The van der Waals surface area contributed by atoms with Crippen LogP contribution in [0.4, 0.5) is 11.4 Å². The van der Waals surface area contributed by atoms with Gasteiger partial charge in [0.1, 0.15) is 5.75 Å². The zero-order valence-corrected chi connectivity index (χ0v) is 11.0. The summed E-state index contributed by atoms with van der Waals surface area (Å²) in [6, 6.07) is 11.0. The topological polar surface area (TPSA) is 81.5 Å². The van der Waals surface area contributed by atoms with Crippen LogP contribution >= 0.6 is 0 Å². The largest absolute Gasteiger partial charge is 0.493 e. The Morgan fingerprint density at radius 3 is 2.67 bits per heavy atom. The Morgan fingerprint density at radius 2 is 1.95 bits per heavy atom. The van der Waals surface area contributed by atoms with Gasteiger partial charge in [0.2, 0.25) is 0 Å². The predicted molar refractivity (Wildman–Crippen MR) is 76.7 cm³/mol. The van der Waals surface area contributed by atoms with E-state index in [0.717, 1.165) is 17.7 Å². The average molecular weight is 284 g/mol. The SMILES string of the molecule is O=C(Nc1ccc2c(c1)CCO2)c1ccc([N+](=O)[O-])cc1. The summed E-state index contributed by atoms with van der Waals surface area (Å²) in [5, 5.41) is 13.3. The second-order valence-electron chi connectivity index (χ2n) is 4.68. The fraction of sp³-hybridized carbons (Fsp3) is 0.133. The summed E-state index contributed by atoms with van der Waals surface area (Å²) in [5.41, 5.74) is 2.08. The third-order valence-corrected chi connectivity index (χ3v) is 3.29. The highest BCUT2D eigenvalue weighted by Crippen LogP contribution is 2.28. The molecule has 6 heteroatoms. The van der Waals surface area contributed by atoms with E-state index >= 15 is 0 Å². The van der Waals surface area contributed by atoms with Gasteiger partial charge in [-0.1, -0.05) is 0 Å². The number of nitro groups is 1. The molecule has 0 aromatic heterocycles. The molecule has 1 N–H and O–H groups in total. The maximum Gasteiger partial charge on any atom is 0.269 e. The van der Waals surface area contributed by atoms with Gasteiger partial charge in [-0.2, -0.15) is 0 Å². The molecule has 2 aromatic carbocycles. The first kappa shape index (κ1) is 13.1. The highest BCUT2D eigenvalue weighted by atomic mass is 16.6. The third-order valence-electron chi connectivity index (χ3n) is 3.29. The Labute approximate surface area is 120 Å². The number of nitrogens with one attached hydrogen (secondary N) is 1. The second kappa shape index (κ2) is 5.24. The van der Waals surface area contributed by atoms with E-state index in [4.69, 9.17) is 4.74 Å². The monoisotopic (exact) mass is 284 g/mol. The molecule has 1 aliphatic heterocycles. The van der Waals surface area contributed by atoms with Crippen LogP contribution in [0.2, 0.25) is 0 Å². The molecule has 2 aromatic rings. The molecule has 3 rings (SSSR count). The molecule has 0 saturated carbocycles. The van der Waals surface area contributed by atoms with Crippen LogP contribution in [-0.2, 0) is 6.42 Å². The number of rotatable bonds is 3. The number of carbonyl (C=O) groups is 1. The van der Waals surface area contributed by atoms with Crippen LogP contribution in [0.25, 0.3) is 0 Å². The Kier molecular flexibility index (Phi) is 3.27. The van der Waals surface area contributed by atoms with Crippen molar-refractivity contribution in [2.75, 3.05) is 11.9 Å². The summed E-state index contributed by atoms with van der Waals surface area (Å²) in [6.45, 7) is 0.662. The number of nitrogens with zero attached hydrogens (tertiary/aromatic N) is 1. The van der Waals surface area contributed by atoms with E-state index in [1.807, 2.05) is 12.1 Å². The molecule has 0 fully saturated rings. The standard InChI is InChI=1S/C15H12N2O4/c18-15(10-1-4-13(5-2-10)17(19)20)16-12-3-6-14-11(9-12)7-8-21-14/h1-6,9H,7-8H2,(H,16,18). The number of hydrogen-bond donors (Lipinski definition) is 1. The number of hydrogen-bond acceptors (Lipinski definition) is 4. The van der Waals surface area contributed by atoms with Crippen molar-refractivity contribution in [2.45, 2.75) is 6.42 Å². The maximum absolute atomic E-state index is 12.1. The van der Waals surface area contributed by atoms with Crippen molar-refractivity contribution in [3.8, 4) is 5.75 Å². The molecule has 0 bridgehead atoms. The zero-order chi connectivity index (χ0) is 14.8. The van der Waals surface area contributed by atoms with E-state index in [9.17, 15) is 14.9 Å². The number of anilines is 1. The fourth-order valence-corrected chi connectivity index (χ4v) is 2.20. The van der Waals surface area contributed by atoms with Crippen molar-refractivity contribution in [2.24, 2.45) is 0 Å². The average Bonchev–Trinajstić information content (AvgIpc) is 2.95. The number of non-ortho nitro benzene ring substituents is 1. The van der Waals surface area contributed by atoms with Crippen LogP contribution in [0.15, 0.2) is 42.5 Å². The molecule has 6 nitrogen and oxygen atoms in total. The van der Waals surface area contributed by atoms with Crippen LogP contribution in [-0.4, -0.2) is 17.4 Å². The van der Waals surface area contributed by atoms with E-state index < -0.39 is 4.92 Å². The highest BCUT2D eigenvalue weighted by Gasteiger charge is 2.14. The number of fused-ring (bicyclic) bond motifs is 1. The lowest BCUT2D eigenvalue weighted by atomic mass is 10.1. The quantitative estimate of drug-likeness (QED) is 0.694. The van der Waals surface area contributed by atoms with Gasteiger partial charge in [0.25, 0.3) is 11.6 Å². The van der Waals surface area contributed by atoms with Crippen LogP contribution in [0.1, 0.15) is 15.9 Å². The smallest absolute Gasteiger partial charge is 0.269 e. The molecule has 1 aliphatic rings. The van der Waals surface area contributed by atoms with Crippen molar-refractivity contribution in [3.63, 3.8) is 0 Å². The molecule has 1 heterocycles. The number of amides is 1. The molecule has 0 atom stereocenters. The van der Waals surface area contributed by atoms with Gasteiger partial charge >= 0.3 is 0 Å². The number of ether oxygens (including phenoxy) is 1. The summed E-state index contributed by atoms with van der Waals surface area (Å²) in [5.74, 6) is 0.548. The van der Waals surface area contributed by atoms with Crippen molar-refractivity contribution < 1.29 is 14.5 Å². The molecule has 0 unspecified atom stereocenters. The Hall–Kier alpha value is -2.89. The van der Waals surface area contributed by atoms with Crippen LogP contribution < -0.4 is 10.1 Å². The minimum atomic E-state index is -0.498. The molecule has 0 aliphatic carbocycles. The van der Waals surface area contributed by atoms with Crippen molar-refractivity contribution in [1.82, 2.24) is 0 Å². The molecule has 1 amide bonds. The van der Waals surface area contributed by atoms with E-state index in [1.165, 1.54) is 24.3 Å². The molecule has 0 saturated heterocycles. The summed E-state index contributed by atoms with van der Waals surface area (Å²) in [4.78, 5) is 22.2. The molecule has 21 heavy (non-hydrogen) atoms. The van der Waals surface area contributed by atoms with E-state index in [1.54, 1.807) is 6.07 Å². The summed E-state index contributed by atoms with van der Waals surface area (Å²) in [6.07, 6.45) is 0.830. The van der Waals surface area contributed by atoms with E-state index in [0.29, 0.717) is 17.9 Å². The van der Waals surface area contributed by atoms with Crippen molar-refractivity contribution >= 4 is 17.3 Å². The minimum absolute atomic E-state index is 0.0405. The van der Waals surface area contributed by atoms with Gasteiger partial charge in [0.15, 0.2) is 0 Å². The first-order chi connectivity index (χ1) is 10.1. The Bertz CT molecular complexity index is 710. The van der Waals surface area contributed by atoms with E-state index in [-0.39, 0.29) is 11.6 Å². The second-order valence-corrected chi connectivity index (χ2v) is 4.68. The lowest BCUT2D eigenvalue weighted by Crippen LogP contribution is -2.11. The minimum Gasteiger partial charge on any atom is -0.493 e. The number of nitro benzene ring substituents is 1. The highest BCUT2D eigenvalue weighted by molar-refractivity contribution is 6.04. The van der Waals surface area contributed by atoms with Crippen LogP contribution in [0.3, 0.4) is 0 Å². The number of benzene rings is 2. The Morgan fingerprint density at radius 1 is 1.19 bits per heavy atom. The van der Waals surface area contributed by atoms with Gasteiger partial charge in [-0.3, -0.25) is 14.9 Å². The summed E-state index contributed by atoms with van der Waals surface area (Å²) < 4.78 is 5.40. The fourth-order valence-electron chi connectivity index (χ4n) is 2.20. The number of carbonyl (C=O) groups excluding carboxylic acids is 1. The molecule has 0 spiro atoms. The molecular formula is C15H12N2O4. The zero-order valence-electron chi connectivity index (χ0n) is 11.0. The first-order valence-electron chi connectivity index (χ1n) is 6.45. The van der Waals surface area contributed by atoms with Crippen molar-refractivity contribution in [1.29, 1.82) is 0 Å². The third kappa shape index (κ3) is 2.69. The molecule has 0 radical (unpaired) electrons. The van der Waals surface area contributed by atoms with E-state index in [2.05, 4.69) is 5.32 Å². The van der Waals surface area contributed by atoms with Crippen molar-refractivity contribution in [3.05, 3.63) is 63.7 Å². The normalized spacial score (nSPS) is 12.4.